The molecule has 3 heteroatoms. The van der Waals surface area contributed by atoms with Gasteiger partial charge in [-0.1, -0.05) is 26.7 Å². The van der Waals surface area contributed by atoms with Gasteiger partial charge in [-0.3, -0.25) is 0 Å². The molecule has 0 heterocycles. The summed E-state index contributed by atoms with van der Waals surface area (Å²) in [7, 11) is -1.46. The molecule has 0 rings (SSSR count). The summed E-state index contributed by atoms with van der Waals surface area (Å²) < 4.78 is 11.7. The molecule has 0 aromatic carbocycles. The lowest BCUT2D eigenvalue weighted by Crippen LogP contribution is -2.17. The minimum atomic E-state index is -1.46. The number of hydrogen-bond acceptors (Lipinski definition) is 2. The standard InChI is InChI=1S/C9H21OS.H2O/c1-4-6-8-11(3,10)9-7-5-2;/h4-9H2,1-3H3;1H2/q+1;/p-1. The highest BCUT2D eigenvalue weighted by Gasteiger charge is 2.18. The van der Waals surface area contributed by atoms with Gasteiger partial charge in [0.25, 0.3) is 0 Å². The normalized spacial score (nSPS) is 10.9. The Bertz CT molecular complexity index is 122. The summed E-state index contributed by atoms with van der Waals surface area (Å²) >= 11 is 0. The maximum atomic E-state index is 11.7. The summed E-state index contributed by atoms with van der Waals surface area (Å²) in [4.78, 5) is 0. The zero-order valence-electron chi connectivity index (χ0n) is 8.51. The molecule has 0 aromatic heterocycles. The monoisotopic (exact) mass is 194 g/mol. The molecule has 0 radical (unpaired) electrons. The van der Waals surface area contributed by atoms with Crippen molar-refractivity contribution in [1.29, 1.82) is 0 Å². The van der Waals surface area contributed by atoms with E-state index in [9.17, 15) is 4.21 Å². The average Bonchev–Trinajstić information content (AvgIpc) is 1.97. The first-order valence-corrected chi connectivity index (χ1v) is 6.87. The van der Waals surface area contributed by atoms with E-state index in [1.165, 1.54) is 0 Å². The van der Waals surface area contributed by atoms with E-state index in [0.29, 0.717) is 0 Å². The van der Waals surface area contributed by atoms with Gasteiger partial charge >= 0.3 is 0 Å². The Labute approximate surface area is 77.5 Å². The quantitative estimate of drug-likeness (QED) is 0.610. The Hall–Kier alpha value is 0.110. The zero-order chi connectivity index (χ0) is 8.74. The van der Waals surface area contributed by atoms with E-state index in [0.717, 1.165) is 37.2 Å². The van der Waals surface area contributed by atoms with E-state index >= 15 is 0 Å². The first kappa shape index (κ1) is 14.6. The lowest BCUT2D eigenvalue weighted by Gasteiger charge is -2.04. The molecule has 0 saturated carbocycles. The van der Waals surface area contributed by atoms with Crippen molar-refractivity contribution in [3.05, 3.63) is 0 Å². The van der Waals surface area contributed by atoms with Gasteiger partial charge in [-0.05, 0) is 12.8 Å². The smallest absolute Gasteiger partial charge is 0.112 e. The summed E-state index contributed by atoms with van der Waals surface area (Å²) in [5.74, 6) is 1.87. The zero-order valence-corrected chi connectivity index (χ0v) is 9.32. The van der Waals surface area contributed by atoms with Crippen LogP contribution in [0, 0.1) is 0 Å². The van der Waals surface area contributed by atoms with Crippen molar-refractivity contribution in [3.63, 3.8) is 0 Å². The van der Waals surface area contributed by atoms with Gasteiger partial charge in [0.05, 0.1) is 9.93 Å². The highest BCUT2D eigenvalue weighted by Crippen LogP contribution is 2.07. The second-order valence-electron chi connectivity index (χ2n) is 3.30. The number of hydrogen-bond donors (Lipinski definition) is 0. The summed E-state index contributed by atoms with van der Waals surface area (Å²) in [6, 6.07) is 0. The summed E-state index contributed by atoms with van der Waals surface area (Å²) in [6.45, 7) is 4.30. The van der Waals surface area contributed by atoms with Crippen LogP contribution in [0.2, 0.25) is 0 Å². The van der Waals surface area contributed by atoms with E-state index < -0.39 is 9.93 Å². The molecule has 0 aliphatic carbocycles. The fourth-order valence-corrected chi connectivity index (χ4v) is 3.00. The van der Waals surface area contributed by atoms with Gasteiger partial charge in [0.2, 0.25) is 0 Å². The third-order valence-corrected chi connectivity index (χ3v) is 4.16. The van der Waals surface area contributed by atoms with Crippen molar-refractivity contribution in [2.24, 2.45) is 0 Å². The molecular formula is C9H22O2S. The van der Waals surface area contributed by atoms with Crippen molar-refractivity contribution >= 4 is 9.93 Å². The van der Waals surface area contributed by atoms with E-state index in [2.05, 4.69) is 13.8 Å². The first-order chi connectivity index (χ1) is 5.12. The van der Waals surface area contributed by atoms with Gasteiger partial charge in [-0.25, -0.2) is 0 Å². The van der Waals surface area contributed by atoms with Crippen LogP contribution < -0.4 is 0 Å². The van der Waals surface area contributed by atoms with E-state index in [1.807, 2.05) is 6.26 Å². The van der Waals surface area contributed by atoms with Crippen LogP contribution in [0.25, 0.3) is 0 Å². The molecule has 0 fully saturated rings. The fraction of sp³-hybridized carbons (Fsp3) is 1.00. The van der Waals surface area contributed by atoms with Crippen LogP contribution in [-0.4, -0.2) is 23.2 Å². The highest BCUT2D eigenvalue weighted by molar-refractivity contribution is 8.02. The van der Waals surface area contributed by atoms with E-state index in [-0.39, 0.29) is 5.48 Å². The van der Waals surface area contributed by atoms with Crippen LogP contribution in [0.1, 0.15) is 39.5 Å². The minimum Gasteiger partial charge on any atom is -0.870 e. The second kappa shape index (κ2) is 7.74. The van der Waals surface area contributed by atoms with Crippen molar-refractivity contribution in [2.45, 2.75) is 39.5 Å². The Morgan fingerprint density at radius 2 is 1.33 bits per heavy atom. The third kappa shape index (κ3) is 8.21. The van der Waals surface area contributed by atoms with Crippen LogP contribution in [-0.2, 0) is 14.1 Å². The SMILES string of the molecule is CCCC[S+](C)(=O)CCCC.[OH-]. The Balaban J connectivity index is 0. The molecule has 0 unspecified atom stereocenters. The molecule has 0 amide bonds. The highest BCUT2D eigenvalue weighted by atomic mass is 32.2. The second-order valence-corrected chi connectivity index (χ2v) is 6.48. The molecule has 0 aliphatic rings. The maximum absolute atomic E-state index is 11.7. The number of unbranched alkanes of at least 4 members (excludes halogenated alkanes) is 2. The predicted octanol–water partition coefficient (Wildman–Crippen LogP) is 2.54. The molecule has 2 nitrogen and oxygen atoms in total. The van der Waals surface area contributed by atoms with Gasteiger partial charge in [-0.2, -0.15) is 0 Å². The topological polar surface area (TPSA) is 47.1 Å². The molecular weight excluding hydrogens is 172 g/mol. The van der Waals surface area contributed by atoms with Crippen molar-refractivity contribution in [3.8, 4) is 0 Å². The molecule has 0 saturated heterocycles. The van der Waals surface area contributed by atoms with Crippen molar-refractivity contribution < 1.29 is 9.69 Å². The van der Waals surface area contributed by atoms with Gasteiger partial charge in [0.15, 0.2) is 0 Å². The van der Waals surface area contributed by atoms with Gasteiger partial charge < -0.3 is 5.48 Å². The summed E-state index contributed by atoms with van der Waals surface area (Å²) in [5, 5.41) is 0. The van der Waals surface area contributed by atoms with Crippen LogP contribution in [0.5, 0.6) is 0 Å². The molecule has 0 atom stereocenters. The molecule has 0 bridgehead atoms. The molecule has 0 aromatic rings. The van der Waals surface area contributed by atoms with E-state index in [4.69, 9.17) is 0 Å². The van der Waals surface area contributed by atoms with Crippen LogP contribution in [0.15, 0.2) is 0 Å². The maximum Gasteiger partial charge on any atom is 0.112 e. The lowest BCUT2D eigenvalue weighted by molar-refractivity contribution is 0.583. The molecule has 76 valence electrons. The van der Waals surface area contributed by atoms with Crippen molar-refractivity contribution in [1.82, 2.24) is 0 Å². The summed E-state index contributed by atoms with van der Waals surface area (Å²) in [6.07, 6.45) is 6.50. The number of rotatable bonds is 6. The molecule has 1 N–H and O–H groups in total. The first-order valence-electron chi connectivity index (χ1n) is 4.57. The van der Waals surface area contributed by atoms with Gasteiger partial charge in [-0.15, -0.1) is 4.21 Å². The Morgan fingerprint density at radius 3 is 1.58 bits per heavy atom. The van der Waals surface area contributed by atoms with Crippen LogP contribution in [0.4, 0.5) is 0 Å². The Morgan fingerprint density at radius 1 is 1.00 bits per heavy atom. The predicted molar refractivity (Wildman–Crippen MR) is 55.5 cm³/mol. The third-order valence-electron chi connectivity index (χ3n) is 1.86. The molecule has 0 spiro atoms. The molecule has 12 heavy (non-hydrogen) atoms. The lowest BCUT2D eigenvalue weighted by atomic mass is 10.4. The van der Waals surface area contributed by atoms with Gasteiger partial charge in [0.1, 0.15) is 17.8 Å². The van der Waals surface area contributed by atoms with Gasteiger partial charge in [0, 0.05) is 0 Å². The Kier molecular flexibility index (Phi) is 9.44. The minimum absolute atomic E-state index is 0. The summed E-state index contributed by atoms with van der Waals surface area (Å²) in [5.41, 5.74) is 0. The van der Waals surface area contributed by atoms with Crippen molar-refractivity contribution in [2.75, 3.05) is 17.8 Å². The van der Waals surface area contributed by atoms with E-state index in [1.54, 1.807) is 0 Å². The largest absolute Gasteiger partial charge is 0.870 e. The molecule has 0 aliphatic heterocycles. The van der Waals surface area contributed by atoms with Crippen LogP contribution in [0.3, 0.4) is 0 Å². The van der Waals surface area contributed by atoms with Crippen LogP contribution >= 0.6 is 0 Å². The fourth-order valence-electron chi connectivity index (χ4n) is 1.00. The average molecular weight is 194 g/mol.